The highest BCUT2D eigenvalue weighted by Crippen LogP contribution is 2.46. The van der Waals surface area contributed by atoms with Gasteiger partial charge in [-0.3, -0.25) is 18.4 Å². The lowest BCUT2D eigenvalue weighted by Gasteiger charge is -2.05. The maximum absolute atomic E-state index is 13.6. The Morgan fingerprint density at radius 3 is 1.61 bits per heavy atom. The number of hydrogen-bond donors (Lipinski definition) is 0. The summed E-state index contributed by atoms with van der Waals surface area (Å²) >= 11 is 12.1. The summed E-state index contributed by atoms with van der Waals surface area (Å²) in [4.78, 5) is 27.1. The zero-order valence-corrected chi connectivity index (χ0v) is 20.8. The molecule has 31 heavy (non-hydrogen) atoms. The molecule has 0 radical (unpaired) electrons. The van der Waals surface area contributed by atoms with Crippen LogP contribution in [0.25, 0.3) is 62.4 Å². The Morgan fingerprint density at radius 1 is 0.710 bits per heavy atom. The van der Waals surface area contributed by atoms with Crippen LogP contribution in [-0.2, 0) is 0 Å². The van der Waals surface area contributed by atoms with Crippen LogP contribution >= 0.6 is 65.9 Å². The Kier molecular flexibility index (Phi) is 3.09. The number of benzene rings is 1. The predicted octanol–water partition coefficient (Wildman–Crippen LogP) is 7.26. The van der Waals surface area contributed by atoms with Crippen LogP contribution < -0.4 is 11.1 Å². The van der Waals surface area contributed by atoms with Crippen molar-refractivity contribution in [2.75, 3.05) is 0 Å². The number of thiophene rings is 3. The zero-order chi connectivity index (χ0) is 20.8. The molecule has 0 aliphatic carbocycles. The first-order valence-electron chi connectivity index (χ1n) is 9.31. The second-order valence-corrected chi connectivity index (χ2v) is 12.2. The van der Waals surface area contributed by atoms with E-state index >= 15 is 0 Å². The number of fused-ring (bicyclic) bond motifs is 8. The molecule has 1 aromatic carbocycles. The largest absolute Gasteiger partial charge is 0.273 e. The van der Waals surface area contributed by atoms with E-state index in [9.17, 15) is 9.59 Å². The molecule has 0 fully saturated rings. The first-order valence-corrected chi connectivity index (χ1v) is 13.5. The SMILES string of the molecule is O=c1c2ccc3c(=O)n4c(cc5scc(Br)c54)c4sc(c2c34)c2cc3scc(Br)c3n12. The van der Waals surface area contributed by atoms with Crippen LogP contribution in [0.2, 0.25) is 0 Å². The van der Waals surface area contributed by atoms with E-state index in [1.807, 2.05) is 31.7 Å². The molecule has 0 atom stereocenters. The van der Waals surface area contributed by atoms with Crippen LogP contribution in [0, 0.1) is 0 Å². The average Bonchev–Trinajstić information content (AvgIpc) is 3.53. The van der Waals surface area contributed by atoms with Gasteiger partial charge >= 0.3 is 0 Å². The normalized spacial score (nSPS) is 13.1. The van der Waals surface area contributed by atoms with E-state index in [0.717, 1.165) is 60.6 Å². The molecule has 9 heteroatoms. The number of aromatic nitrogens is 2. The molecule has 8 rings (SSSR count). The topological polar surface area (TPSA) is 43.0 Å². The van der Waals surface area contributed by atoms with Crippen molar-refractivity contribution in [2.45, 2.75) is 0 Å². The quantitative estimate of drug-likeness (QED) is 0.176. The monoisotopic (exact) mass is 584 g/mol. The summed E-state index contributed by atoms with van der Waals surface area (Å²) in [5.74, 6) is 0. The van der Waals surface area contributed by atoms with Gasteiger partial charge in [-0.2, -0.15) is 0 Å². The molecular weight excluding hydrogens is 580 g/mol. The average molecular weight is 586 g/mol. The first-order chi connectivity index (χ1) is 15.0. The minimum Gasteiger partial charge on any atom is -0.273 e. The first kappa shape index (κ1) is 17.5. The van der Waals surface area contributed by atoms with Gasteiger partial charge in [-0.25, -0.2) is 0 Å². The molecule has 0 spiro atoms. The van der Waals surface area contributed by atoms with Crippen LogP contribution in [0.4, 0.5) is 0 Å². The predicted molar refractivity (Wildman–Crippen MR) is 140 cm³/mol. The summed E-state index contributed by atoms with van der Waals surface area (Å²) in [5, 5.41) is 7.19. The summed E-state index contributed by atoms with van der Waals surface area (Å²) in [7, 11) is 0. The second kappa shape index (κ2) is 5.47. The molecule has 4 nitrogen and oxygen atoms in total. The van der Waals surface area contributed by atoms with E-state index in [0.29, 0.717) is 10.8 Å². The van der Waals surface area contributed by atoms with E-state index in [1.54, 1.807) is 34.0 Å². The van der Waals surface area contributed by atoms with Crippen molar-refractivity contribution in [3.63, 3.8) is 0 Å². The van der Waals surface area contributed by atoms with Crippen LogP contribution in [0.15, 0.2) is 53.6 Å². The van der Waals surface area contributed by atoms with Gasteiger partial charge in [-0.1, -0.05) is 0 Å². The molecule has 0 N–H and O–H groups in total. The fourth-order valence-corrected chi connectivity index (χ4v) is 9.55. The standard InChI is InChI=1S/C22H6Br2N2O2S3/c23-9-5-29-13-3-11-19-15-7(21(27)25(11)17(9)13)1-2-8-16(15)20(31-19)12-4-14-18(10(24)6-30-14)26(12)22(8)28/h1-6H. The van der Waals surface area contributed by atoms with Gasteiger partial charge in [0.25, 0.3) is 11.1 Å². The van der Waals surface area contributed by atoms with Crippen LogP contribution in [0.5, 0.6) is 0 Å². The Morgan fingerprint density at radius 2 is 1.16 bits per heavy atom. The Bertz CT molecular complexity index is 2020. The summed E-state index contributed by atoms with van der Waals surface area (Å²) in [5.41, 5.74) is 3.58. The Hall–Kier alpha value is -2.04. The van der Waals surface area contributed by atoms with E-state index in [2.05, 4.69) is 44.0 Å². The van der Waals surface area contributed by atoms with Crippen LogP contribution in [0.1, 0.15) is 0 Å². The van der Waals surface area contributed by atoms with E-state index < -0.39 is 0 Å². The van der Waals surface area contributed by atoms with Crippen LogP contribution in [-0.4, -0.2) is 8.80 Å². The molecule has 7 aromatic heterocycles. The van der Waals surface area contributed by atoms with Crippen molar-refractivity contribution in [1.82, 2.24) is 8.80 Å². The molecule has 0 saturated carbocycles. The van der Waals surface area contributed by atoms with Crippen molar-refractivity contribution < 1.29 is 0 Å². The summed E-state index contributed by atoms with van der Waals surface area (Å²) in [6, 6.07) is 7.84. The third-order valence-corrected chi connectivity index (χ3v) is 11.0. The Balaban J connectivity index is 1.77. The smallest absolute Gasteiger partial charge is 0.263 e. The number of nitrogens with zero attached hydrogens (tertiary/aromatic N) is 2. The second-order valence-electron chi connectivity index (χ2n) is 7.60. The lowest BCUT2D eigenvalue weighted by atomic mass is 10.0. The molecule has 0 saturated heterocycles. The molecule has 148 valence electrons. The molecule has 7 heterocycles. The number of hydrogen-bond acceptors (Lipinski definition) is 5. The lowest BCUT2D eigenvalue weighted by Crippen LogP contribution is -2.14. The van der Waals surface area contributed by atoms with E-state index in [4.69, 9.17) is 0 Å². The maximum atomic E-state index is 13.6. The fraction of sp³-hybridized carbons (Fsp3) is 0. The minimum atomic E-state index is -0.0374. The fourth-order valence-electron chi connectivity index (χ4n) is 4.94. The molecule has 0 bridgehead atoms. The van der Waals surface area contributed by atoms with Crippen LogP contribution in [0.3, 0.4) is 0 Å². The van der Waals surface area contributed by atoms with Gasteiger partial charge < -0.3 is 0 Å². The van der Waals surface area contributed by atoms with Crippen molar-refractivity contribution in [3.8, 4) is 0 Å². The summed E-state index contributed by atoms with van der Waals surface area (Å²) < 4.78 is 9.76. The number of halogens is 2. The lowest BCUT2D eigenvalue weighted by molar-refractivity contribution is 1.20. The summed E-state index contributed by atoms with van der Waals surface area (Å²) in [6.45, 7) is 0. The third-order valence-electron chi connectivity index (χ3n) is 6.16. The van der Waals surface area contributed by atoms with Crippen molar-refractivity contribution in [3.05, 3.63) is 64.7 Å². The number of pyridine rings is 2. The highest BCUT2D eigenvalue weighted by Gasteiger charge is 2.25. The van der Waals surface area contributed by atoms with Gasteiger partial charge in [0.15, 0.2) is 0 Å². The van der Waals surface area contributed by atoms with Gasteiger partial charge in [0.2, 0.25) is 0 Å². The Labute approximate surface area is 200 Å². The third kappa shape index (κ3) is 1.85. The molecule has 0 aliphatic heterocycles. The van der Waals surface area contributed by atoms with E-state index in [1.165, 1.54) is 0 Å². The van der Waals surface area contributed by atoms with Crippen molar-refractivity contribution >= 4 is 128 Å². The van der Waals surface area contributed by atoms with Gasteiger partial charge in [0.1, 0.15) is 0 Å². The summed E-state index contributed by atoms with van der Waals surface area (Å²) in [6.07, 6.45) is 0. The van der Waals surface area contributed by atoms with Crippen molar-refractivity contribution in [2.24, 2.45) is 0 Å². The van der Waals surface area contributed by atoms with Gasteiger partial charge in [-0.15, -0.1) is 34.0 Å². The van der Waals surface area contributed by atoms with Crippen molar-refractivity contribution in [1.29, 1.82) is 0 Å². The molecule has 0 aliphatic rings. The minimum absolute atomic E-state index is 0.0374. The molecule has 8 aromatic rings. The maximum Gasteiger partial charge on any atom is 0.263 e. The molecule has 0 unspecified atom stereocenters. The van der Waals surface area contributed by atoms with Gasteiger partial charge in [-0.05, 0) is 56.1 Å². The van der Waals surface area contributed by atoms with E-state index in [-0.39, 0.29) is 11.1 Å². The molecular formula is C22H6Br2N2O2S3. The van der Waals surface area contributed by atoms with Gasteiger partial charge in [0, 0.05) is 32.3 Å². The molecule has 0 amide bonds. The highest BCUT2D eigenvalue weighted by atomic mass is 79.9. The number of rotatable bonds is 0. The highest BCUT2D eigenvalue weighted by molar-refractivity contribution is 9.11. The van der Waals surface area contributed by atoms with Gasteiger partial charge in [0.05, 0.1) is 49.8 Å². The zero-order valence-electron chi connectivity index (χ0n) is 15.2.